The summed E-state index contributed by atoms with van der Waals surface area (Å²) >= 11 is 1.44. The summed E-state index contributed by atoms with van der Waals surface area (Å²) in [6, 6.07) is 7.48. The van der Waals surface area contributed by atoms with Crippen molar-refractivity contribution in [2.45, 2.75) is 23.7 Å². The molecule has 1 rings (SSSR count). The van der Waals surface area contributed by atoms with Gasteiger partial charge in [0.2, 0.25) is 5.91 Å². The van der Waals surface area contributed by atoms with E-state index in [0.29, 0.717) is 0 Å². The first-order chi connectivity index (χ1) is 8.17. The molecule has 0 aliphatic carbocycles. The Morgan fingerprint density at radius 2 is 2.41 bits per heavy atom. The van der Waals surface area contributed by atoms with Crippen LogP contribution in [0.15, 0.2) is 29.2 Å². The van der Waals surface area contributed by atoms with Crippen LogP contribution in [0.5, 0.6) is 0 Å². The molecule has 1 atom stereocenters. The molecule has 0 heterocycles. The van der Waals surface area contributed by atoms with Gasteiger partial charge in [-0.05, 0) is 24.6 Å². The fourth-order valence-corrected chi connectivity index (χ4v) is 2.23. The highest BCUT2D eigenvalue weighted by Crippen LogP contribution is 2.24. The van der Waals surface area contributed by atoms with E-state index in [0.717, 1.165) is 10.5 Å². The van der Waals surface area contributed by atoms with Crippen LogP contribution in [0.2, 0.25) is 0 Å². The minimum absolute atomic E-state index is 0.00602. The standard InChI is InChI=1S/C13H15NO2S/c1-3-7-14-13(16)10(2)17-12-6-4-5-11(8-12)9-15/h1,4-6,8,10,15H,7,9H2,2H3,(H,14,16). The quantitative estimate of drug-likeness (QED) is 0.613. The first-order valence-corrected chi connectivity index (χ1v) is 6.13. The van der Waals surface area contributed by atoms with Gasteiger partial charge in [-0.3, -0.25) is 4.79 Å². The Morgan fingerprint density at radius 1 is 1.65 bits per heavy atom. The van der Waals surface area contributed by atoms with Gasteiger partial charge in [-0.2, -0.15) is 0 Å². The summed E-state index contributed by atoms with van der Waals surface area (Å²) in [7, 11) is 0. The first-order valence-electron chi connectivity index (χ1n) is 5.25. The molecule has 90 valence electrons. The molecule has 2 N–H and O–H groups in total. The minimum atomic E-state index is -0.211. The lowest BCUT2D eigenvalue weighted by atomic mass is 10.2. The van der Waals surface area contributed by atoms with Crippen molar-refractivity contribution in [2.24, 2.45) is 0 Å². The van der Waals surface area contributed by atoms with E-state index < -0.39 is 0 Å². The summed E-state index contributed by atoms with van der Waals surface area (Å²) in [6.45, 7) is 2.08. The summed E-state index contributed by atoms with van der Waals surface area (Å²) in [4.78, 5) is 12.5. The molecular formula is C13H15NO2S. The molecular weight excluding hydrogens is 234 g/mol. The molecule has 0 aliphatic heterocycles. The SMILES string of the molecule is C#CCNC(=O)C(C)Sc1cccc(CO)c1. The van der Waals surface area contributed by atoms with Crippen molar-refractivity contribution >= 4 is 17.7 Å². The molecule has 0 spiro atoms. The largest absolute Gasteiger partial charge is 0.392 e. The monoisotopic (exact) mass is 249 g/mol. The summed E-state index contributed by atoms with van der Waals surface area (Å²) in [5.41, 5.74) is 0.839. The molecule has 1 amide bonds. The van der Waals surface area contributed by atoms with Crippen molar-refractivity contribution in [3.8, 4) is 12.3 Å². The minimum Gasteiger partial charge on any atom is -0.392 e. The highest BCUT2D eigenvalue weighted by atomic mass is 32.2. The second kappa shape index (κ2) is 7.00. The zero-order valence-electron chi connectivity index (χ0n) is 9.64. The van der Waals surface area contributed by atoms with E-state index in [1.165, 1.54) is 11.8 Å². The van der Waals surface area contributed by atoms with Crippen LogP contribution in [0.4, 0.5) is 0 Å². The summed E-state index contributed by atoms with van der Waals surface area (Å²) < 4.78 is 0. The van der Waals surface area contributed by atoms with Crippen molar-refractivity contribution < 1.29 is 9.90 Å². The molecule has 17 heavy (non-hydrogen) atoms. The number of carbonyl (C=O) groups excluding carboxylic acids is 1. The van der Waals surface area contributed by atoms with Gasteiger partial charge < -0.3 is 10.4 Å². The number of benzene rings is 1. The predicted octanol–water partition coefficient (Wildman–Crippen LogP) is 1.41. The fraction of sp³-hybridized carbons (Fsp3) is 0.308. The zero-order valence-corrected chi connectivity index (χ0v) is 10.5. The molecule has 0 aliphatic rings. The second-order valence-electron chi connectivity index (χ2n) is 3.49. The van der Waals surface area contributed by atoms with Gasteiger partial charge in [-0.25, -0.2) is 0 Å². The van der Waals surface area contributed by atoms with Crippen LogP contribution in [-0.4, -0.2) is 22.8 Å². The number of nitrogens with one attached hydrogen (secondary N) is 1. The van der Waals surface area contributed by atoms with Gasteiger partial charge in [0.1, 0.15) is 0 Å². The van der Waals surface area contributed by atoms with Crippen molar-refractivity contribution in [3.05, 3.63) is 29.8 Å². The van der Waals surface area contributed by atoms with E-state index in [2.05, 4.69) is 11.2 Å². The van der Waals surface area contributed by atoms with Crippen molar-refractivity contribution in [2.75, 3.05) is 6.54 Å². The topological polar surface area (TPSA) is 49.3 Å². The average molecular weight is 249 g/mol. The number of carbonyl (C=O) groups is 1. The Hall–Kier alpha value is -1.44. The van der Waals surface area contributed by atoms with Crippen LogP contribution in [-0.2, 0) is 11.4 Å². The number of thioether (sulfide) groups is 1. The first kappa shape index (κ1) is 13.6. The third kappa shape index (κ3) is 4.51. The van der Waals surface area contributed by atoms with Gasteiger partial charge in [0.05, 0.1) is 18.4 Å². The Kier molecular flexibility index (Phi) is 5.61. The highest BCUT2D eigenvalue weighted by molar-refractivity contribution is 8.00. The summed E-state index contributed by atoms with van der Waals surface area (Å²) in [5, 5.41) is 11.4. The van der Waals surface area contributed by atoms with Crippen molar-refractivity contribution in [1.29, 1.82) is 0 Å². The van der Waals surface area contributed by atoms with E-state index in [1.807, 2.05) is 31.2 Å². The number of terminal acetylenes is 1. The molecule has 0 aromatic heterocycles. The Labute approximate surface area is 106 Å². The van der Waals surface area contributed by atoms with E-state index >= 15 is 0 Å². The molecule has 0 radical (unpaired) electrons. The Bertz CT molecular complexity index is 426. The lowest BCUT2D eigenvalue weighted by Crippen LogP contribution is -2.31. The van der Waals surface area contributed by atoms with Crippen molar-refractivity contribution in [1.82, 2.24) is 5.32 Å². The number of hydrogen-bond acceptors (Lipinski definition) is 3. The molecule has 0 bridgehead atoms. The molecule has 4 heteroatoms. The maximum absolute atomic E-state index is 11.6. The second-order valence-corrected chi connectivity index (χ2v) is 4.90. The Morgan fingerprint density at radius 3 is 3.06 bits per heavy atom. The number of amides is 1. The van der Waals surface area contributed by atoms with Gasteiger partial charge in [-0.1, -0.05) is 18.1 Å². The van der Waals surface area contributed by atoms with Gasteiger partial charge in [-0.15, -0.1) is 18.2 Å². The van der Waals surface area contributed by atoms with Gasteiger partial charge in [0.15, 0.2) is 0 Å². The maximum Gasteiger partial charge on any atom is 0.233 e. The molecule has 0 saturated heterocycles. The average Bonchev–Trinajstić information content (AvgIpc) is 2.36. The lowest BCUT2D eigenvalue weighted by molar-refractivity contribution is -0.120. The third-order valence-corrected chi connectivity index (χ3v) is 3.22. The van der Waals surface area contributed by atoms with E-state index in [4.69, 9.17) is 11.5 Å². The Balaban J connectivity index is 2.58. The summed E-state index contributed by atoms with van der Waals surface area (Å²) in [6.07, 6.45) is 5.07. The van der Waals surface area contributed by atoms with E-state index in [-0.39, 0.29) is 24.3 Å². The van der Waals surface area contributed by atoms with Crippen LogP contribution in [0.25, 0.3) is 0 Å². The molecule has 1 unspecified atom stereocenters. The number of hydrogen-bond donors (Lipinski definition) is 2. The zero-order chi connectivity index (χ0) is 12.7. The van der Waals surface area contributed by atoms with Gasteiger partial charge >= 0.3 is 0 Å². The van der Waals surface area contributed by atoms with E-state index in [9.17, 15) is 4.79 Å². The molecule has 3 nitrogen and oxygen atoms in total. The predicted molar refractivity (Wildman–Crippen MR) is 69.5 cm³/mol. The third-order valence-electron chi connectivity index (χ3n) is 2.13. The van der Waals surface area contributed by atoms with Crippen LogP contribution in [0.3, 0.4) is 0 Å². The normalized spacial score (nSPS) is 11.6. The molecule has 1 aromatic rings. The molecule has 1 aromatic carbocycles. The van der Waals surface area contributed by atoms with Crippen LogP contribution in [0.1, 0.15) is 12.5 Å². The van der Waals surface area contributed by atoms with Crippen LogP contribution >= 0.6 is 11.8 Å². The number of aliphatic hydroxyl groups excluding tert-OH is 1. The van der Waals surface area contributed by atoms with E-state index in [1.54, 1.807) is 0 Å². The maximum atomic E-state index is 11.6. The van der Waals surface area contributed by atoms with Gasteiger partial charge in [0.25, 0.3) is 0 Å². The van der Waals surface area contributed by atoms with Gasteiger partial charge in [0, 0.05) is 4.90 Å². The number of aliphatic hydroxyl groups is 1. The fourth-order valence-electron chi connectivity index (χ4n) is 1.26. The van der Waals surface area contributed by atoms with Crippen LogP contribution in [0, 0.1) is 12.3 Å². The smallest absolute Gasteiger partial charge is 0.233 e. The number of rotatable bonds is 5. The summed E-state index contributed by atoms with van der Waals surface area (Å²) in [5.74, 6) is 2.28. The lowest BCUT2D eigenvalue weighted by Gasteiger charge is -2.11. The van der Waals surface area contributed by atoms with Crippen molar-refractivity contribution in [3.63, 3.8) is 0 Å². The molecule has 0 saturated carbocycles. The molecule has 0 fully saturated rings. The van der Waals surface area contributed by atoms with Crippen LogP contribution < -0.4 is 5.32 Å². The highest BCUT2D eigenvalue weighted by Gasteiger charge is 2.13.